The summed E-state index contributed by atoms with van der Waals surface area (Å²) in [6.45, 7) is 4.23. The fourth-order valence-electron chi connectivity index (χ4n) is 2.55. The first kappa shape index (κ1) is 20.3. The van der Waals surface area contributed by atoms with Gasteiger partial charge in [-0.1, -0.05) is 35.9 Å². The zero-order valence-electron chi connectivity index (χ0n) is 15.1. The summed E-state index contributed by atoms with van der Waals surface area (Å²) in [7, 11) is -3.49. The number of carbonyl (C=O) groups excluding carboxylic acids is 1. The molecule has 0 unspecified atom stereocenters. The van der Waals surface area contributed by atoms with Gasteiger partial charge in [0.2, 0.25) is 15.9 Å². The number of aryl methyl sites for hydroxylation is 2. The van der Waals surface area contributed by atoms with Crippen molar-refractivity contribution in [2.24, 2.45) is 0 Å². The van der Waals surface area contributed by atoms with Crippen molar-refractivity contribution in [3.63, 3.8) is 0 Å². The number of hydrogen-bond donors (Lipinski definition) is 1. The van der Waals surface area contributed by atoms with Crippen molar-refractivity contribution in [1.82, 2.24) is 5.32 Å². The van der Waals surface area contributed by atoms with E-state index in [2.05, 4.69) is 5.32 Å². The number of nitrogens with one attached hydrogen (secondary N) is 1. The van der Waals surface area contributed by atoms with E-state index in [0.717, 1.165) is 22.9 Å². The maximum atomic E-state index is 12.2. The molecule has 0 aromatic heterocycles. The van der Waals surface area contributed by atoms with E-state index in [1.165, 1.54) is 4.31 Å². The van der Waals surface area contributed by atoms with E-state index in [1.807, 2.05) is 44.2 Å². The third-order valence-corrected chi connectivity index (χ3v) is 5.41. The van der Waals surface area contributed by atoms with Crippen LogP contribution in [0.3, 0.4) is 0 Å². The largest absolute Gasteiger partial charge is 0.352 e. The third-order valence-electron chi connectivity index (χ3n) is 3.98. The van der Waals surface area contributed by atoms with E-state index in [4.69, 9.17) is 11.6 Å². The lowest BCUT2D eigenvalue weighted by molar-refractivity contribution is -0.121. The number of anilines is 1. The van der Waals surface area contributed by atoms with Gasteiger partial charge in [0.1, 0.15) is 0 Å². The Morgan fingerprint density at radius 2 is 1.77 bits per heavy atom. The quantitative estimate of drug-likeness (QED) is 0.782. The molecule has 0 heterocycles. The number of carbonyl (C=O) groups is 1. The lowest BCUT2D eigenvalue weighted by Gasteiger charge is -2.24. The highest BCUT2D eigenvalue weighted by molar-refractivity contribution is 7.92. The fraction of sp³-hybridized carbons (Fsp3) is 0.316. The number of benzene rings is 2. The summed E-state index contributed by atoms with van der Waals surface area (Å²) in [5, 5.41) is 3.44. The molecule has 26 heavy (non-hydrogen) atoms. The Balaban J connectivity index is 2.02. The minimum absolute atomic E-state index is 0.0774. The molecule has 0 atom stereocenters. The molecule has 0 aliphatic carbocycles. The van der Waals surface area contributed by atoms with Gasteiger partial charge in [0.05, 0.1) is 11.9 Å². The molecule has 0 fully saturated rings. The summed E-state index contributed by atoms with van der Waals surface area (Å²) in [5.74, 6) is -0.209. The lowest BCUT2D eigenvalue weighted by atomic mass is 10.1. The van der Waals surface area contributed by atoms with Crippen LogP contribution in [0.5, 0.6) is 0 Å². The molecule has 2 rings (SSSR count). The SMILES string of the molecule is Cc1ccc(C)c(N(CCC(=O)NCc2ccc(Cl)cc2)S(C)(=O)=O)c1. The van der Waals surface area contributed by atoms with Crippen molar-refractivity contribution in [3.05, 3.63) is 64.2 Å². The molecule has 0 bridgehead atoms. The Labute approximate surface area is 160 Å². The Kier molecular flexibility index (Phi) is 6.67. The first-order valence-electron chi connectivity index (χ1n) is 8.23. The van der Waals surface area contributed by atoms with E-state index in [1.54, 1.807) is 12.1 Å². The van der Waals surface area contributed by atoms with Crippen molar-refractivity contribution < 1.29 is 13.2 Å². The maximum absolute atomic E-state index is 12.2. The predicted octanol–water partition coefficient (Wildman–Crippen LogP) is 3.43. The van der Waals surface area contributed by atoms with Crippen LogP contribution < -0.4 is 9.62 Å². The minimum Gasteiger partial charge on any atom is -0.352 e. The summed E-state index contributed by atoms with van der Waals surface area (Å²) >= 11 is 5.83. The van der Waals surface area contributed by atoms with Crippen molar-refractivity contribution in [3.8, 4) is 0 Å². The highest BCUT2D eigenvalue weighted by atomic mass is 35.5. The summed E-state index contributed by atoms with van der Waals surface area (Å²) < 4.78 is 25.7. The normalized spacial score (nSPS) is 11.2. The first-order chi connectivity index (χ1) is 12.2. The van der Waals surface area contributed by atoms with E-state index in [9.17, 15) is 13.2 Å². The van der Waals surface area contributed by atoms with Crippen LogP contribution in [0.2, 0.25) is 5.02 Å². The molecule has 5 nitrogen and oxygen atoms in total. The first-order valence-corrected chi connectivity index (χ1v) is 10.5. The molecular formula is C19H23ClN2O3S. The number of sulfonamides is 1. The topological polar surface area (TPSA) is 66.5 Å². The fourth-order valence-corrected chi connectivity index (χ4v) is 3.65. The summed E-state index contributed by atoms with van der Waals surface area (Å²) in [6.07, 6.45) is 1.23. The highest BCUT2D eigenvalue weighted by Gasteiger charge is 2.20. The number of amides is 1. The van der Waals surface area contributed by atoms with Gasteiger partial charge in [0, 0.05) is 24.5 Å². The number of hydrogen-bond acceptors (Lipinski definition) is 3. The van der Waals surface area contributed by atoms with Crippen LogP contribution in [0.25, 0.3) is 0 Å². The average Bonchev–Trinajstić information content (AvgIpc) is 2.56. The van der Waals surface area contributed by atoms with E-state index < -0.39 is 10.0 Å². The van der Waals surface area contributed by atoms with Gasteiger partial charge in [-0.15, -0.1) is 0 Å². The van der Waals surface area contributed by atoms with E-state index in [0.29, 0.717) is 17.3 Å². The Morgan fingerprint density at radius 3 is 2.38 bits per heavy atom. The molecule has 2 aromatic rings. The number of halogens is 1. The summed E-state index contributed by atoms with van der Waals surface area (Å²) in [4.78, 5) is 12.1. The molecule has 0 aliphatic heterocycles. The van der Waals surface area contributed by atoms with Crippen molar-refractivity contribution in [2.75, 3.05) is 17.1 Å². The number of rotatable bonds is 7. The molecule has 2 aromatic carbocycles. The van der Waals surface area contributed by atoms with Crippen molar-refractivity contribution in [1.29, 1.82) is 0 Å². The van der Waals surface area contributed by atoms with E-state index in [-0.39, 0.29) is 18.9 Å². The van der Waals surface area contributed by atoms with Crippen LogP contribution in [0.4, 0.5) is 5.69 Å². The predicted molar refractivity (Wildman–Crippen MR) is 106 cm³/mol. The molecule has 0 aliphatic rings. The van der Waals surface area contributed by atoms with Crippen LogP contribution in [0.1, 0.15) is 23.1 Å². The molecule has 0 spiro atoms. The Morgan fingerprint density at radius 1 is 1.12 bits per heavy atom. The average molecular weight is 395 g/mol. The minimum atomic E-state index is -3.49. The van der Waals surface area contributed by atoms with Gasteiger partial charge in [-0.25, -0.2) is 8.42 Å². The second kappa shape index (κ2) is 8.56. The molecule has 0 radical (unpaired) electrons. The van der Waals surface area contributed by atoms with Gasteiger partial charge >= 0.3 is 0 Å². The van der Waals surface area contributed by atoms with Crippen molar-refractivity contribution in [2.45, 2.75) is 26.8 Å². The zero-order chi connectivity index (χ0) is 19.3. The van der Waals surface area contributed by atoms with E-state index >= 15 is 0 Å². The third kappa shape index (κ3) is 5.75. The van der Waals surface area contributed by atoms with Crippen LogP contribution in [-0.4, -0.2) is 27.1 Å². The molecule has 0 saturated heterocycles. The Bertz CT molecular complexity index is 880. The molecule has 140 valence electrons. The molecule has 1 amide bonds. The molecular weight excluding hydrogens is 372 g/mol. The van der Waals surface area contributed by atoms with Crippen LogP contribution in [0, 0.1) is 13.8 Å². The standard InChI is InChI=1S/C19H23ClN2O3S/c1-14-4-5-15(2)18(12-14)22(26(3,24)25)11-10-19(23)21-13-16-6-8-17(20)9-7-16/h4-9,12H,10-11,13H2,1-3H3,(H,21,23). The lowest BCUT2D eigenvalue weighted by Crippen LogP contribution is -2.35. The van der Waals surface area contributed by atoms with Gasteiger partial charge in [-0.05, 0) is 48.7 Å². The summed E-state index contributed by atoms with van der Waals surface area (Å²) in [6, 6.07) is 12.8. The van der Waals surface area contributed by atoms with Gasteiger partial charge in [-0.3, -0.25) is 9.10 Å². The van der Waals surface area contributed by atoms with Gasteiger partial charge < -0.3 is 5.32 Å². The van der Waals surface area contributed by atoms with Gasteiger partial charge in [-0.2, -0.15) is 0 Å². The van der Waals surface area contributed by atoms with Gasteiger partial charge in [0.25, 0.3) is 0 Å². The maximum Gasteiger partial charge on any atom is 0.232 e. The van der Waals surface area contributed by atoms with Crippen LogP contribution in [0.15, 0.2) is 42.5 Å². The molecule has 0 saturated carbocycles. The second-order valence-corrected chi connectivity index (χ2v) is 8.62. The second-order valence-electron chi connectivity index (χ2n) is 6.28. The smallest absolute Gasteiger partial charge is 0.232 e. The highest BCUT2D eigenvalue weighted by Crippen LogP contribution is 2.24. The molecule has 7 heteroatoms. The van der Waals surface area contributed by atoms with Gasteiger partial charge in [0.15, 0.2) is 0 Å². The van der Waals surface area contributed by atoms with Crippen molar-refractivity contribution >= 4 is 33.2 Å². The molecule has 1 N–H and O–H groups in total. The van der Waals surface area contributed by atoms with Crippen LogP contribution >= 0.6 is 11.6 Å². The summed E-state index contributed by atoms with van der Waals surface area (Å²) in [5.41, 5.74) is 3.35. The Hall–Kier alpha value is -2.05. The van der Waals surface area contributed by atoms with Crippen LogP contribution in [-0.2, 0) is 21.4 Å². The number of nitrogens with zero attached hydrogens (tertiary/aromatic N) is 1. The zero-order valence-corrected chi connectivity index (χ0v) is 16.7. The monoisotopic (exact) mass is 394 g/mol.